The first-order chi connectivity index (χ1) is 8.41. The van der Waals surface area contributed by atoms with Crippen LogP contribution in [-0.4, -0.2) is 22.4 Å². The van der Waals surface area contributed by atoms with Crippen LogP contribution in [0.5, 0.6) is 0 Å². The number of carbonyl (C=O) groups excluding carboxylic acids is 1. The molecule has 0 saturated heterocycles. The summed E-state index contributed by atoms with van der Waals surface area (Å²) in [6, 6.07) is 1.27. The van der Waals surface area contributed by atoms with Crippen LogP contribution in [0.25, 0.3) is 0 Å². The zero-order valence-corrected chi connectivity index (χ0v) is 10.5. The molecular weight excluding hydrogens is 258 g/mol. The number of halogens is 1. The number of nitrogens with one attached hydrogen (secondary N) is 1. The number of amides is 1. The Labute approximate surface area is 109 Å². The van der Waals surface area contributed by atoms with Gasteiger partial charge in [-0.2, -0.15) is 0 Å². The summed E-state index contributed by atoms with van der Waals surface area (Å²) in [5.74, 6) is 5.18. The van der Waals surface area contributed by atoms with Crippen LogP contribution in [0, 0.1) is 28.9 Å². The summed E-state index contributed by atoms with van der Waals surface area (Å²) in [5.41, 5.74) is 0.628. The third-order valence-electron chi connectivity index (χ3n) is 1.99. The van der Waals surface area contributed by atoms with E-state index in [9.17, 15) is 14.9 Å². The van der Waals surface area contributed by atoms with Gasteiger partial charge < -0.3 is 5.32 Å². The summed E-state index contributed by atoms with van der Waals surface area (Å²) in [6.45, 7) is 3.20. The van der Waals surface area contributed by atoms with Crippen molar-refractivity contribution in [3.8, 4) is 11.8 Å². The molecule has 0 radical (unpaired) electrons. The van der Waals surface area contributed by atoms with E-state index in [4.69, 9.17) is 11.6 Å². The maximum Gasteiger partial charge on any atom is 0.307 e. The Morgan fingerprint density at radius 1 is 1.67 bits per heavy atom. The molecule has 0 bridgehead atoms. The van der Waals surface area contributed by atoms with E-state index in [2.05, 4.69) is 22.1 Å². The van der Waals surface area contributed by atoms with Crippen LogP contribution in [0.15, 0.2) is 6.07 Å². The van der Waals surface area contributed by atoms with Crippen LogP contribution in [0.2, 0.25) is 5.15 Å². The molecule has 1 amide bonds. The summed E-state index contributed by atoms with van der Waals surface area (Å²) >= 11 is 5.64. The van der Waals surface area contributed by atoms with Crippen LogP contribution < -0.4 is 5.32 Å². The van der Waals surface area contributed by atoms with Gasteiger partial charge in [0, 0.05) is 13.0 Å². The molecule has 1 aromatic heterocycles. The highest BCUT2D eigenvalue weighted by atomic mass is 35.5. The van der Waals surface area contributed by atoms with Crippen molar-refractivity contribution >= 4 is 23.2 Å². The van der Waals surface area contributed by atoms with Gasteiger partial charge >= 0.3 is 5.69 Å². The van der Waals surface area contributed by atoms with Crippen molar-refractivity contribution in [3.05, 3.63) is 32.6 Å². The van der Waals surface area contributed by atoms with Gasteiger partial charge in [-0.15, -0.1) is 0 Å². The predicted molar refractivity (Wildman–Crippen MR) is 66.2 cm³/mol. The number of nitro groups is 1. The number of pyridine rings is 1. The second-order valence-electron chi connectivity index (χ2n) is 3.40. The minimum atomic E-state index is -0.617. The van der Waals surface area contributed by atoms with Crippen molar-refractivity contribution in [1.29, 1.82) is 0 Å². The summed E-state index contributed by atoms with van der Waals surface area (Å²) in [4.78, 5) is 24.5. The molecule has 0 fully saturated rings. The van der Waals surface area contributed by atoms with E-state index in [1.54, 1.807) is 6.92 Å². The van der Waals surface area contributed by atoms with Crippen molar-refractivity contribution in [2.24, 2.45) is 0 Å². The van der Waals surface area contributed by atoms with E-state index >= 15 is 0 Å². The van der Waals surface area contributed by atoms with Crippen molar-refractivity contribution in [2.75, 3.05) is 6.54 Å². The van der Waals surface area contributed by atoms with E-state index in [1.165, 1.54) is 13.0 Å². The lowest BCUT2D eigenvalue weighted by Crippen LogP contribution is -2.19. The van der Waals surface area contributed by atoms with Crippen LogP contribution in [0.1, 0.15) is 18.2 Å². The Morgan fingerprint density at radius 3 is 2.89 bits per heavy atom. The lowest BCUT2D eigenvalue weighted by Gasteiger charge is -1.99. The quantitative estimate of drug-likeness (QED) is 0.380. The molecule has 0 spiro atoms. The van der Waals surface area contributed by atoms with E-state index in [-0.39, 0.29) is 23.3 Å². The Bertz CT molecular complexity index is 561. The molecule has 0 aromatic carbocycles. The van der Waals surface area contributed by atoms with Gasteiger partial charge in [-0.05, 0) is 6.92 Å². The highest BCUT2D eigenvalue weighted by Gasteiger charge is 2.15. The van der Waals surface area contributed by atoms with E-state index in [0.717, 1.165) is 0 Å². The third kappa shape index (κ3) is 3.71. The fourth-order valence-electron chi connectivity index (χ4n) is 1.13. The van der Waals surface area contributed by atoms with Crippen molar-refractivity contribution in [3.63, 3.8) is 0 Å². The second-order valence-corrected chi connectivity index (χ2v) is 3.76. The Morgan fingerprint density at radius 2 is 2.33 bits per heavy atom. The summed E-state index contributed by atoms with van der Waals surface area (Å²) in [6.07, 6.45) is 0. The maximum atomic E-state index is 10.7. The molecule has 1 N–H and O–H groups in total. The molecule has 0 unspecified atom stereocenters. The van der Waals surface area contributed by atoms with Crippen LogP contribution in [0.3, 0.4) is 0 Å². The zero-order chi connectivity index (χ0) is 13.7. The van der Waals surface area contributed by atoms with Gasteiger partial charge in [0.15, 0.2) is 0 Å². The monoisotopic (exact) mass is 267 g/mol. The molecule has 0 aliphatic carbocycles. The number of aromatic nitrogens is 1. The fraction of sp³-hybridized carbons (Fsp3) is 0.273. The molecule has 0 saturated carbocycles. The lowest BCUT2D eigenvalue weighted by molar-refractivity contribution is -0.385. The Balaban J connectivity index is 2.98. The van der Waals surface area contributed by atoms with Gasteiger partial charge in [-0.25, -0.2) is 4.98 Å². The van der Waals surface area contributed by atoms with Crippen LogP contribution in [0.4, 0.5) is 5.69 Å². The molecule has 0 aliphatic heterocycles. The first-order valence-corrected chi connectivity index (χ1v) is 5.34. The van der Waals surface area contributed by atoms with Crippen molar-refractivity contribution in [1.82, 2.24) is 10.3 Å². The number of hydrogen-bond donors (Lipinski definition) is 1. The van der Waals surface area contributed by atoms with Gasteiger partial charge in [0.25, 0.3) is 0 Å². The smallest absolute Gasteiger partial charge is 0.307 e. The van der Waals surface area contributed by atoms with E-state index in [1.807, 2.05) is 0 Å². The molecule has 94 valence electrons. The van der Waals surface area contributed by atoms with Crippen molar-refractivity contribution in [2.45, 2.75) is 13.8 Å². The van der Waals surface area contributed by atoms with Gasteiger partial charge in [0.2, 0.25) is 11.1 Å². The normalized spacial score (nSPS) is 9.28. The van der Waals surface area contributed by atoms with Crippen molar-refractivity contribution < 1.29 is 9.72 Å². The van der Waals surface area contributed by atoms with Gasteiger partial charge in [-0.1, -0.05) is 23.4 Å². The highest BCUT2D eigenvalue weighted by Crippen LogP contribution is 2.24. The highest BCUT2D eigenvalue weighted by molar-refractivity contribution is 6.31. The molecule has 6 nitrogen and oxygen atoms in total. The average Bonchev–Trinajstić information content (AvgIpc) is 2.25. The molecule has 18 heavy (non-hydrogen) atoms. The minimum Gasteiger partial charge on any atom is -0.345 e. The maximum absolute atomic E-state index is 10.7. The number of rotatable bonds is 2. The molecule has 1 heterocycles. The van der Waals surface area contributed by atoms with Crippen LogP contribution in [-0.2, 0) is 4.79 Å². The number of nitrogens with zero attached hydrogens (tertiary/aromatic N) is 2. The molecule has 0 atom stereocenters. The zero-order valence-electron chi connectivity index (χ0n) is 9.78. The summed E-state index contributed by atoms with van der Waals surface area (Å²) in [7, 11) is 0. The van der Waals surface area contributed by atoms with E-state index < -0.39 is 4.92 Å². The molecule has 1 rings (SSSR count). The predicted octanol–water partition coefficient (Wildman–Crippen LogP) is 1.44. The minimum absolute atomic E-state index is 0.162. The van der Waals surface area contributed by atoms with Crippen LogP contribution >= 0.6 is 11.6 Å². The fourth-order valence-corrected chi connectivity index (χ4v) is 1.38. The Kier molecular flexibility index (Phi) is 4.63. The topological polar surface area (TPSA) is 85.1 Å². The van der Waals surface area contributed by atoms with E-state index in [0.29, 0.717) is 11.3 Å². The SMILES string of the molecule is CC(=O)NCC#Cc1cc([N+](=O)[O-])c(Cl)nc1C. The van der Waals surface area contributed by atoms with Gasteiger partial charge in [0.05, 0.1) is 22.7 Å². The lowest BCUT2D eigenvalue weighted by atomic mass is 10.2. The first-order valence-electron chi connectivity index (χ1n) is 4.96. The third-order valence-corrected chi connectivity index (χ3v) is 2.27. The molecular formula is C11H10ClN3O3. The second kappa shape index (κ2) is 5.98. The van der Waals surface area contributed by atoms with Gasteiger partial charge in [0.1, 0.15) is 0 Å². The molecule has 0 aliphatic rings. The standard InChI is InChI=1S/C11H10ClN3O3/c1-7-9(4-3-5-13-8(2)16)6-10(15(17)18)11(12)14-7/h6H,5H2,1-2H3,(H,13,16). The number of aryl methyl sites for hydroxylation is 1. The molecule has 1 aromatic rings. The Hall–Kier alpha value is -2.13. The first kappa shape index (κ1) is 13.9. The largest absolute Gasteiger partial charge is 0.345 e. The number of hydrogen-bond acceptors (Lipinski definition) is 4. The summed E-state index contributed by atoms with van der Waals surface area (Å²) < 4.78 is 0. The molecule has 7 heteroatoms. The van der Waals surface area contributed by atoms with Gasteiger partial charge in [-0.3, -0.25) is 14.9 Å². The summed E-state index contributed by atoms with van der Waals surface area (Å²) in [5, 5.41) is 13.0. The average molecular weight is 268 g/mol. The number of carbonyl (C=O) groups is 1.